The third-order valence-electron chi connectivity index (χ3n) is 12.7. The van der Waals surface area contributed by atoms with Crippen LogP contribution in [0.1, 0.15) is 97.1 Å². The minimum atomic E-state index is -0.402. The summed E-state index contributed by atoms with van der Waals surface area (Å²) >= 11 is 0. The van der Waals surface area contributed by atoms with Gasteiger partial charge >= 0.3 is 5.97 Å². The number of hydrogen-bond donors (Lipinski definition) is 1. The van der Waals surface area contributed by atoms with Crippen LogP contribution < -0.4 is 5.43 Å². The number of likely N-dealkylation sites (tertiary alicyclic amines) is 1. The maximum Gasteiger partial charge on any atom is 0.306 e. The molecule has 2 aromatic carbocycles. The lowest BCUT2D eigenvalue weighted by Crippen LogP contribution is -2.53. The molecule has 0 unspecified atom stereocenters. The van der Waals surface area contributed by atoms with Crippen molar-refractivity contribution in [1.29, 1.82) is 0 Å². The molecule has 2 aromatic rings. The van der Waals surface area contributed by atoms with Crippen LogP contribution in [0, 0.1) is 35.5 Å². The highest BCUT2D eigenvalue weighted by Gasteiger charge is 2.53. The van der Waals surface area contributed by atoms with Gasteiger partial charge in [0, 0.05) is 62.1 Å². The van der Waals surface area contributed by atoms with E-state index in [4.69, 9.17) is 14.7 Å². The van der Waals surface area contributed by atoms with Crippen molar-refractivity contribution >= 4 is 46.3 Å². The number of ether oxygens (including phenoxy) is 1. The molecule has 6 atom stereocenters. The third-order valence-corrected chi connectivity index (χ3v) is 12.7. The highest BCUT2D eigenvalue weighted by Crippen LogP contribution is 2.54. The number of esters is 1. The van der Waals surface area contributed by atoms with Crippen molar-refractivity contribution in [3.8, 4) is 11.1 Å². The lowest BCUT2D eigenvalue weighted by atomic mass is 9.75. The number of amides is 3. The minimum Gasteiger partial charge on any atom is -0.469 e. The second-order valence-corrected chi connectivity index (χ2v) is 16.7. The van der Waals surface area contributed by atoms with Gasteiger partial charge < -0.3 is 9.64 Å². The van der Waals surface area contributed by atoms with Gasteiger partial charge in [0.1, 0.15) is 0 Å². The Labute approximate surface area is 325 Å². The van der Waals surface area contributed by atoms with Crippen molar-refractivity contribution in [2.45, 2.75) is 98.1 Å². The molecule has 5 aliphatic rings. The van der Waals surface area contributed by atoms with Gasteiger partial charge in [0.05, 0.1) is 31.4 Å². The summed E-state index contributed by atoms with van der Waals surface area (Å²) in [5, 5.41) is 1.45. The monoisotopic (exact) mass is 745 g/mol. The van der Waals surface area contributed by atoms with Crippen LogP contribution in [0.15, 0.2) is 70.9 Å². The van der Waals surface area contributed by atoms with Crippen LogP contribution in [0.2, 0.25) is 0 Å². The molecule has 0 aromatic heterocycles. The van der Waals surface area contributed by atoms with E-state index in [0.717, 1.165) is 77.8 Å². The van der Waals surface area contributed by atoms with Gasteiger partial charge in [0.25, 0.3) is 0 Å². The molecule has 10 nitrogen and oxygen atoms in total. The Kier molecular flexibility index (Phi) is 11.2. The third kappa shape index (κ3) is 7.82. The molecule has 0 spiro atoms. The number of nitrogens with zero attached hydrogens (tertiary/aromatic N) is 4. The molecular formula is C45H55N5O5. The number of carbonyl (C=O) groups is 4. The number of hydrazine groups is 1. The Hall–Kier alpha value is -4.86. The number of methoxy groups -OCH3 is 1. The average Bonchev–Trinajstić information content (AvgIpc) is 4.03. The highest BCUT2D eigenvalue weighted by molar-refractivity contribution is 6.04. The van der Waals surface area contributed by atoms with Gasteiger partial charge in [-0.1, -0.05) is 62.4 Å². The van der Waals surface area contributed by atoms with Gasteiger partial charge in [-0.3, -0.25) is 39.6 Å². The number of carbonyl (C=O) groups excluding carboxylic acids is 4. The molecule has 2 aliphatic carbocycles. The number of aliphatic imine (C=N–C) groups is 2. The molecule has 7 rings (SSSR count). The maximum atomic E-state index is 13.6. The normalized spacial score (nSPS) is 24.8. The summed E-state index contributed by atoms with van der Waals surface area (Å²) in [6.07, 6.45) is 10.5. The number of nitrogens with one attached hydrogen (secondary N) is 1. The molecular weight excluding hydrogens is 691 g/mol. The van der Waals surface area contributed by atoms with Crippen molar-refractivity contribution < 1.29 is 23.9 Å². The van der Waals surface area contributed by atoms with Crippen molar-refractivity contribution in [3.63, 3.8) is 0 Å². The van der Waals surface area contributed by atoms with Crippen LogP contribution in [0.4, 0.5) is 0 Å². The largest absolute Gasteiger partial charge is 0.469 e. The molecule has 10 heteroatoms. The maximum absolute atomic E-state index is 13.6. The first-order valence-electron chi connectivity index (χ1n) is 20.1. The van der Waals surface area contributed by atoms with Gasteiger partial charge in [0.15, 0.2) is 0 Å². The lowest BCUT2D eigenvalue weighted by molar-refractivity contribution is -0.148. The van der Waals surface area contributed by atoms with E-state index in [0.29, 0.717) is 24.8 Å². The standard InChI is InChI=1S/C45H55N5O5/c1-26(2)37(23-41(52)55-6)45(54)49-19-7-8-40(49)38-21-35(24-46-38)31-13-9-29(10-14-31)30-11-15-32(16-12-30)36-22-39(47-25-36)42-33-17-18-34(20-33)43(42)44(53)48-50(27(3)4)28(5)51/h9-16,24-27,33-34,37,40,42-43H,7-8,17-23H2,1-6H3,(H,48,53)/t33-,34+,37-,40-,42-,43+/m0/s1. The van der Waals surface area contributed by atoms with Gasteiger partial charge in [-0.25, -0.2) is 0 Å². The molecule has 2 bridgehead atoms. The smallest absolute Gasteiger partial charge is 0.306 e. The van der Waals surface area contributed by atoms with Crippen LogP contribution in [0.25, 0.3) is 22.3 Å². The summed E-state index contributed by atoms with van der Waals surface area (Å²) in [4.78, 5) is 63.2. The van der Waals surface area contributed by atoms with Crippen LogP contribution in [-0.2, 0) is 23.9 Å². The first kappa shape index (κ1) is 38.4. The zero-order valence-corrected chi connectivity index (χ0v) is 33.1. The van der Waals surface area contributed by atoms with Gasteiger partial charge in [-0.2, -0.15) is 0 Å². The SMILES string of the molecule is COC(=O)C[C@H](C(=O)N1CCC[C@H]1C1=NC=C(c2ccc(-c3ccc(C4=CN=C([C@@H]5[C@H]6CC[C@H](C6)[C@H]5C(=O)NN(C(C)=O)C(C)C)C4)cc3)cc2)C1)C(C)C. The summed E-state index contributed by atoms with van der Waals surface area (Å²) < 4.78 is 4.88. The number of rotatable bonds is 11. The fourth-order valence-corrected chi connectivity index (χ4v) is 9.78. The Morgan fingerprint density at radius 3 is 1.95 bits per heavy atom. The zero-order valence-electron chi connectivity index (χ0n) is 33.1. The Bertz CT molecular complexity index is 1940. The molecule has 55 heavy (non-hydrogen) atoms. The van der Waals surface area contributed by atoms with E-state index in [1.807, 2.05) is 45.0 Å². The van der Waals surface area contributed by atoms with E-state index in [-0.39, 0.29) is 59.9 Å². The molecule has 0 radical (unpaired) electrons. The van der Waals surface area contributed by atoms with Crippen LogP contribution in [-0.4, -0.2) is 70.8 Å². The van der Waals surface area contributed by atoms with E-state index >= 15 is 0 Å². The molecule has 1 saturated heterocycles. The van der Waals surface area contributed by atoms with Crippen LogP contribution in [0.3, 0.4) is 0 Å². The summed E-state index contributed by atoms with van der Waals surface area (Å²) in [6.45, 7) is 9.96. The second-order valence-electron chi connectivity index (χ2n) is 16.7. The van der Waals surface area contributed by atoms with Crippen molar-refractivity contribution in [2.24, 2.45) is 45.5 Å². The quantitative estimate of drug-likeness (QED) is 0.189. The molecule has 3 aliphatic heterocycles. The van der Waals surface area contributed by atoms with E-state index < -0.39 is 5.92 Å². The fourth-order valence-electron chi connectivity index (χ4n) is 9.78. The molecule has 290 valence electrons. The molecule has 3 fully saturated rings. The topological polar surface area (TPSA) is 121 Å². The van der Waals surface area contributed by atoms with Crippen molar-refractivity contribution in [3.05, 3.63) is 72.1 Å². The Balaban J connectivity index is 0.951. The molecule has 2 saturated carbocycles. The first-order valence-corrected chi connectivity index (χ1v) is 20.1. The Morgan fingerprint density at radius 1 is 0.818 bits per heavy atom. The van der Waals surface area contributed by atoms with Gasteiger partial charge in [-0.05, 0) is 97.1 Å². The molecule has 1 N–H and O–H groups in total. The van der Waals surface area contributed by atoms with Gasteiger partial charge in [-0.15, -0.1) is 0 Å². The predicted octanol–water partition coefficient (Wildman–Crippen LogP) is 7.50. The number of allylic oxidation sites excluding steroid dienone is 2. The number of benzene rings is 2. The minimum absolute atomic E-state index is 0.0192. The zero-order chi connectivity index (χ0) is 39.0. The van der Waals surface area contributed by atoms with E-state index in [1.54, 1.807) is 0 Å². The lowest BCUT2D eigenvalue weighted by Gasteiger charge is -2.33. The van der Waals surface area contributed by atoms with E-state index in [1.165, 1.54) is 24.6 Å². The van der Waals surface area contributed by atoms with Crippen LogP contribution >= 0.6 is 0 Å². The number of hydrogen-bond acceptors (Lipinski definition) is 7. The van der Waals surface area contributed by atoms with Gasteiger partial charge in [0.2, 0.25) is 17.7 Å². The van der Waals surface area contributed by atoms with Crippen molar-refractivity contribution in [2.75, 3.05) is 13.7 Å². The Morgan fingerprint density at radius 2 is 1.38 bits per heavy atom. The number of fused-ring (bicyclic) bond motifs is 2. The molecule has 3 heterocycles. The summed E-state index contributed by atoms with van der Waals surface area (Å²) in [6, 6.07) is 17.1. The van der Waals surface area contributed by atoms with Crippen LogP contribution in [0.5, 0.6) is 0 Å². The fraction of sp³-hybridized carbons (Fsp3) is 0.511. The average molecular weight is 746 g/mol. The highest BCUT2D eigenvalue weighted by atomic mass is 16.5. The first-order chi connectivity index (χ1) is 26.4. The predicted molar refractivity (Wildman–Crippen MR) is 215 cm³/mol. The summed E-state index contributed by atoms with van der Waals surface area (Å²) in [7, 11) is 1.37. The van der Waals surface area contributed by atoms with E-state index in [9.17, 15) is 19.2 Å². The van der Waals surface area contributed by atoms with Crippen molar-refractivity contribution in [1.82, 2.24) is 15.3 Å². The van der Waals surface area contributed by atoms with E-state index in [2.05, 4.69) is 54.0 Å². The second kappa shape index (κ2) is 16.1. The molecule has 3 amide bonds. The summed E-state index contributed by atoms with van der Waals surface area (Å²) in [5.74, 6) is -0.154. The summed E-state index contributed by atoms with van der Waals surface area (Å²) in [5.41, 5.74) is 11.9.